The molecule has 0 aliphatic carbocycles. The monoisotopic (exact) mass is 963 g/mol. The van der Waals surface area contributed by atoms with E-state index < -0.39 is 6.10 Å². The molecule has 0 aromatic heterocycles. The Morgan fingerprint density at radius 2 is 0.522 bits per heavy atom. The summed E-state index contributed by atoms with van der Waals surface area (Å²) < 4.78 is 16.8. The molecule has 0 saturated carbocycles. The maximum atomic E-state index is 12.8. The van der Waals surface area contributed by atoms with Crippen LogP contribution in [-0.2, 0) is 28.6 Å². The SMILES string of the molecule is CCCCC/C=C\C/C=C\C/C=C\C/C=C\CCCCCC(=O)OC[C@H](COC(=O)CCCCCCCCCCC/C=C\CCCCCCCC)OC(=O)CCCCCCC/C=C\CCCCCC. The molecule has 0 aliphatic rings. The number of esters is 3. The molecule has 0 rings (SSSR count). The molecule has 0 bridgehead atoms. The van der Waals surface area contributed by atoms with Crippen molar-refractivity contribution in [1.29, 1.82) is 0 Å². The predicted molar refractivity (Wildman–Crippen MR) is 298 cm³/mol. The molecule has 1 atom stereocenters. The molecule has 0 heterocycles. The molecule has 0 N–H and O–H groups in total. The maximum absolute atomic E-state index is 12.8. The largest absolute Gasteiger partial charge is 0.462 e. The van der Waals surface area contributed by atoms with Crippen LogP contribution >= 0.6 is 0 Å². The van der Waals surface area contributed by atoms with Gasteiger partial charge in [-0.3, -0.25) is 14.4 Å². The molecule has 6 nitrogen and oxygen atoms in total. The summed E-state index contributed by atoms with van der Waals surface area (Å²) in [5.74, 6) is -0.924. The van der Waals surface area contributed by atoms with Crippen LogP contribution in [0.5, 0.6) is 0 Å². The first kappa shape index (κ1) is 65.8. The number of carbonyl (C=O) groups is 3. The van der Waals surface area contributed by atoms with E-state index in [4.69, 9.17) is 14.2 Å². The van der Waals surface area contributed by atoms with Crippen molar-refractivity contribution in [1.82, 2.24) is 0 Å². The minimum absolute atomic E-state index is 0.0893. The summed E-state index contributed by atoms with van der Waals surface area (Å²) in [7, 11) is 0. The lowest BCUT2D eigenvalue weighted by atomic mass is 10.1. The van der Waals surface area contributed by atoms with Crippen molar-refractivity contribution in [3.63, 3.8) is 0 Å². The van der Waals surface area contributed by atoms with Crippen molar-refractivity contribution in [2.75, 3.05) is 13.2 Å². The summed E-state index contributed by atoms with van der Waals surface area (Å²) in [6.45, 7) is 6.58. The van der Waals surface area contributed by atoms with Crippen molar-refractivity contribution in [2.24, 2.45) is 0 Å². The Bertz CT molecular complexity index is 1290. The minimum Gasteiger partial charge on any atom is -0.462 e. The van der Waals surface area contributed by atoms with Crippen LogP contribution in [0.1, 0.15) is 290 Å². The molecule has 398 valence electrons. The van der Waals surface area contributed by atoms with Crippen LogP contribution in [-0.4, -0.2) is 37.2 Å². The minimum atomic E-state index is -0.794. The van der Waals surface area contributed by atoms with Gasteiger partial charge in [-0.05, 0) is 116 Å². The van der Waals surface area contributed by atoms with Crippen LogP contribution in [0.2, 0.25) is 0 Å². The van der Waals surface area contributed by atoms with Gasteiger partial charge in [0.15, 0.2) is 6.10 Å². The van der Waals surface area contributed by atoms with E-state index in [9.17, 15) is 14.4 Å². The quantitative estimate of drug-likeness (QED) is 0.0262. The zero-order valence-electron chi connectivity index (χ0n) is 45.6. The van der Waals surface area contributed by atoms with Gasteiger partial charge in [0.1, 0.15) is 13.2 Å². The van der Waals surface area contributed by atoms with Crippen LogP contribution < -0.4 is 0 Å². The van der Waals surface area contributed by atoms with Gasteiger partial charge < -0.3 is 14.2 Å². The lowest BCUT2D eigenvalue weighted by Gasteiger charge is -2.18. The van der Waals surface area contributed by atoms with Crippen molar-refractivity contribution in [2.45, 2.75) is 297 Å². The Morgan fingerprint density at radius 1 is 0.290 bits per heavy atom. The van der Waals surface area contributed by atoms with Gasteiger partial charge in [0.25, 0.3) is 0 Å². The highest BCUT2D eigenvalue weighted by Gasteiger charge is 2.19. The van der Waals surface area contributed by atoms with E-state index in [1.165, 1.54) is 154 Å². The topological polar surface area (TPSA) is 78.9 Å². The number of hydrogen-bond acceptors (Lipinski definition) is 6. The molecule has 0 aromatic rings. The lowest BCUT2D eigenvalue weighted by Crippen LogP contribution is -2.30. The molecule has 0 spiro atoms. The van der Waals surface area contributed by atoms with Crippen LogP contribution in [0.15, 0.2) is 72.9 Å². The van der Waals surface area contributed by atoms with E-state index in [-0.39, 0.29) is 31.1 Å². The summed E-state index contributed by atoms with van der Waals surface area (Å²) in [6.07, 6.45) is 73.2. The second-order valence-electron chi connectivity index (χ2n) is 19.5. The van der Waals surface area contributed by atoms with E-state index in [1.54, 1.807) is 0 Å². The highest BCUT2D eigenvalue weighted by Crippen LogP contribution is 2.15. The normalized spacial score (nSPS) is 12.6. The molecular weight excluding hydrogens is 853 g/mol. The van der Waals surface area contributed by atoms with Crippen LogP contribution in [0.4, 0.5) is 0 Å². The van der Waals surface area contributed by atoms with Crippen molar-refractivity contribution in [3.05, 3.63) is 72.9 Å². The fraction of sp³-hybridized carbons (Fsp3) is 0.762. The Labute approximate surface area is 427 Å². The number of carbonyl (C=O) groups excluding carboxylic acids is 3. The molecule has 0 aromatic carbocycles. The maximum Gasteiger partial charge on any atom is 0.306 e. The first-order valence-electron chi connectivity index (χ1n) is 29.4. The van der Waals surface area contributed by atoms with Gasteiger partial charge in [0.2, 0.25) is 0 Å². The summed E-state index contributed by atoms with van der Waals surface area (Å²) in [5, 5.41) is 0. The predicted octanol–water partition coefficient (Wildman–Crippen LogP) is 19.8. The average molecular weight is 964 g/mol. The van der Waals surface area contributed by atoms with Gasteiger partial charge in [-0.1, -0.05) is 229 Å². The number of rotatable bonds is 53. The third-order valence-electron chi connectivity index (χ3n) is 12.7. The molecule has 0 radical (unpaired) electrons. The Hall–Kier alpha value is -3.15. The molecule has 0 fully saturated rings. The highest BCUT2D eigenvalue weighted by atomic mass is 16.6. The molecule has 0 unspecified atom stereocenters. The van der Waals surface area contributed by atoms with Gasteiger partial charge in [-0.15, -0.1) is 0 Å². The molecule has 6 heteroatoms. The van der Waals surface area contributed by atoms with Gasteiger partial charge in [0.05, 0.1) is 0 Å². The van der Waals surface area contributed by atoms with E-state index in [2.05, 4.69) is 93.7 Å². The van der Waals surface area contributed by atoms with Crippen LogP contribution in [0.3, 0.4) is 0 Å². The first-order valence-corrected chi connectivity index (χ1v) is 29.4. The smallest absolute Gasteiger partial charge is 0.306 e. The first-order chi connectivity index (χ1) is 34.0. The van der Waals surface area contributed by atoms with Crippen molar-refractivity contribution >= 4 is 17.9 Å². The molecule has 0 aliphatic heterocycles. The van der Waals surface area contributed by atoms with Gasteiger partial charge in [-0.2, -0.15) is 0 Å². The summed E-state index contributed by atoms with van der Waals surface area (Å²) >= 11 is 0. The third kappa shape index (κ3) is 55.6. The van der Waals surface area contributed by atoms with Crippen molar-refractivity contribution < 1.29 is 28.6 Å². The van der Waals surface area contributed by atoms with Gasteiger partial charge in [0, 0.05) is 19.3 Å². The lowest BCUT2D eigenvalue weighted by molar-refractivity contribution is -0.167. The fourth-order valence-corrected chi connectivity index (χ4v) is 8.18. The number of allylic oxidation sites excluding steroid dienone is 12. The molecule has 0 amide bonds. The molecule has 69 heavy (non-hydrogen) atoms. The standard InChI is InChI=1S/C63H110O6/c1-4-7-10-13-16-19-22-25-27-29-31-33-35-38-40-43-46-49-52-55-61(64)67-58-60(69-63(66)57-54-51-48-45-42-37-24-21-18-15-12-9-6-3)59-68-62(65)56-53-50-47-44-41-39-36-34-32-30-28-26-23-20-17-14-11-8-5-2/h16,19,21,24-28,31,33,38,40,60H,4-15,17-18,20,22-23,29-30,32,34-37,39,41-59H2,1-3H3/b19-16-,24-21-,27-25-,28-26-,33-31-,40-38-/t60-/m1/s1. The van der Waals surface area contributed by atoms with Gasteiger partial charge in [-0.25, -0.2) is 0 Å². The zero-order chi connectivity index (χ0) is 50.0. The summed E-state index contributed by atoms with van der Waals surface area (Å²) in [4.78, 5) is 38.2. The van der Waals surface area contributed by atoms with Gasteiger partial charge >= 0.3 is 17.9 Å². The Kier molecular flexibility index (Phi) is 54.8. The fourth-order valence-electron chi connectivity index (χ4n) is 8.18. The Balaban J connectivity index is 4.40. The number of ether oxygens (including phenoxy) is 3. The number of hydrogen-bond donors (Lipinski definition) is 0. The summed E-state index contributed by atoms with van der Waals surface area (Å²) in [6, 6.07) is 0. The highest BCUT2D eigenvalue weighted by molar-refractivity contribution is 5.71. The van der Waals surface area contributed by atoms with E-state index in [0.717, 1.165) is 96.3 Å². The Morgan fingerprint density at radius 3 is 0.884 bits per heavy atom. The molecular formula is C63H110O6. The van der Waals surface area contributed by atoms with E-state index >= 15 is 0 Å². The van der Waals surface area contributed by atoms with Crippen molar-refractivity contribution in [3.8, 4) is 0 Å². The van der Waals surface area contributed by atoms with E-state index in [1.807, 2.05) is 0 Å². The second kappa shape index (κ2) is 57.4. The van der Waals surface area contributed by atoms with Crippen LogP contribution in [0.25, 0.3) is 0 Å². The molecule has 0 saturated heterocycles. The zero-order valence-corrected chi connectivity index (χ0v) is 45.6. The van der Waals surface area contributed by atoms with Crippen LogP contribution in [0, 0.1) is 0 Å². The summed E-state index contributed by atoms with van der Waals surface area (Å²) in [5.41, 5.74) is 0. The second-order valence-corrected chi connectivity index (χ2v) is 19.5. The van der Waals surface area contributed by atoms with E-state index in [0.29, 0.717) is 19.3 Å². The number of unbranched alkanes of at least 4 members (excludes halogenated alkanes) is 30. The third-order valence-corrected chi connectivity index (χ3v) is 12.7. The average Bonchev–Trinajstić information content (AvgIpc) is 3.35.